The highest BCUT2D eigenvalue weighted by Gasteiger charge is 2.12. The number of rotatable bonds is 3. The summed E-state index contributed by atoms with van der Waals surface area (Å²) in [6.07, 6.45) is 0.781. The van der Waals surface area contributed by atoms with Gasteiger partial charge in [-0.15, -0.1) is 0 Å². The van der Waals surface area contributed by atoms with Crippen LogP contribution in [0.4, 0.5) is 0 Å². The third kappa shape index (κ3) is 2.68. The zero-order valence-corrected chi connectivity index (χ0v) is 10.4. The highest BCUT2D eigenvalue weighted by molar-refractivity contribution is 9.10. The van der Waals surface area contributed by atoms with E-state index in [0.29, 0.717) is 0 Å². The molecule has 1 aromatic rings. The fourth-order valence-corrected chi connectivity index (χ4v) is 1.72. The molecule has 1 aromatic carbocycles. The Kier molecular flexibility index (Phi) is 3.87. The normalized spacial score (nSPS) is 12.6. The average molecular weight is 255 g/mol. The van der Waals surface area contributed by atoms with Gasteiger partial charge in [-0.3, -0.25) is 4.79 Å². The monoisotopic (exact) mass is 254 g/mol. The Hall–Kier alpha value is -0.630. The first-order valence-electron chi connectivity index (χ1n) is 4.72. The first kappa shape index (κ1) is 11.4. The van der Waals surface area contributed by atoms with Gasteiger partial charge in [0.15, 0.2) is 0 Å². The number of alkyl halides is 1. The van der Waals surface area contributed by atoms with Gasteiger partial charge >= 0.3 is 0 Å². The van der Waals surface area contributed by atoms with Crippen LogP contribution in [-0.4, -0.2) is 10.6 Å². The van der Waals surface area contributed by atoms with E-state index in [2.05, 4.69) is 41.9 Å². The van der Waals surface area contributed by atoms with Crippen molar-refractivity contribution in [2.75, 3.05) is 0 Å². The van der Waals surface area contributed by atoms with E-state index in [-0.39, 0.29) is 10.6 Å². The summed E-state index contributed by atoms with van der Waals surface area (Å²) < 4.78 is 0. The zero-order chi connectivity index (χ0) is 10.7. The van der Waals surface area contributed by atoms with Gasteiger partial charge in [-0.2, -0.15) is 0 Å². The van der Waals surface area contributed by atoms with Crippen LogP contribution in [0.15, 0.2) is 18.2 Å². The molecular weight excluding hydrogens is 240 g/mol. The van der Waals surface area contributed by atoms with Gasteiger partial charge < -0.3 is 0 Å². The molecule has 0 aliphatic rings. The SMILES string of the molecule is CC(=O)C(Br)Cc1cccc(C)c1C. The Morgan fingerprint density at radius 1 is 1.43 bits per heavy atom. The largest absolute Gasteiger partial charge is 0.299 e. The topological polar surface area (TPSA) is 17.1 Å². The minimum Gasteiger partial charge on any atom is -0.299 e. The number of hydrogen-bond donors (Lipinski definition) is 0. The minimum absolute atomic E-state index is 0.0528. The quantitative estimate of drug-likeness (QED) is 0.758. The molecule has 0 N–H and O–H groups in total. The standard InChI is InChI=1S/C12H15BrO/c1-8-5-4-6-11(9(8)2)7-12(13)10(3)14/h4-6,12H,7H2,1-3H3. The van der Waals surface area contributed by atoms with Gasteiger partial charge in [-0.25, -0.2) is 0 Å². The second-order valence-electron chi connectivity index (χ2n) is 3.64. The summed E-state index contributed by atoms with van der Waals surface area (Å²) in [6, 6.07) is 6.22. The summed E-state index contributed by atoms with van der Waals surface area (Å²) in [7, 11) is 0. The third-order valence-corrected chi connectivity index (χ3v) is 3.53. The Balaban J connectivity index is 2.87. The predicted octanol–water partition coefficient (Wildman–Crippen LogP) is 3.20. The van der Waals surface area contributed by atoms with Gasteiger partial charge in [-0.1, -0.05) is 34.1 Å². The fourth-order valence-electron chi connectivity index (χ4n) is 1.37. The van der Waals surface area contributed by atoms with E-state index >= 15 is 0 Å². The number of carbonyl (C=O) groups is 1. The van der Waals surface area contributed by atoms with Crippen molar-refractivity contribution in [3.8, 4) is 0 Å². The summed E-state index contributed by atoms with van der Waals surface area (Å²) in [5.41, 5.74) is 3.83. The number of carbonyl (C=O) groups excluding carboxylic acids is 1. The average Bonchev–Trinajstić information content (AvgIpc) is 2.12. The fraction of sp³-hybridized carbons (Fsp3) is 0.417. The summed E-state index contributed by atoms with van der Waals surface area (Å²) in [4.78, 5) is 11.0. The van der Waals surface area contributed by atoms with E-state index in [1.54, 1.807) is 6.92 Å². The number of Topliss-reactive ketones (excluding diaryl/α,β-unsaturated/α-hetero) is 1. The lowest BCUT2D eigenvalue weighted by atomic mass is 9.99. The van der Waals surface area contributed by atoms with Crippen LogP contribution < -0.4 is 0 Å². The van der Waals surface area contributed by atoms with Crippen LogP contribution in [0.1, 0.15) is 23.6 Å². The number of halogens is 1. The van der Waals surface area contributed by atoms with Crippen LogP contribution in [0.3, 0.4) is 0 Å². The summed E-state index contributed by atoms with van der Waals surface area (Å²) in [5.74, 6) is 0.186. The lowest BCUT2D eigenvalue weighted by molar-refractivity contribution is -0.116. The summed E-state index contributed by atoms with van der Waals surface area (Å²) in [5, 5.41) is 0. The molecule has 0 saturated heterocycles. The van der Waals surface area contributed by atoms with E-state index in [1.165, 1.54) is 16.7 Å². The molecule has 76 valence electrons. The van der Waals surface area contributed by atoms with Crippen molar-refractivity contribution in [2.24, 2.45) is 0 Å². The molecule has 1 nitrogen and oxygen atoms in total. The molecule has 0 aromatic heterocycles. The van der Waals surface area contributed by atoms with Crippen molar-refractivity contribution < 1.29 is 4.79 Å². The summed E-state index contributed by atoms with van der Waals surface area (Å²) in [6.45, 7) is 5.81. The Bertz CT molecular complexity index is 344. The van der Waals surface area contributed by atoms with E-state index in [0.717, 1.165) is 6.42 Å². The lowest BCUT2D eigenvalue weighted by Gasteiger charge is -2.10. The first-order chi connectivity index (χ1) is 6.52. The molecule has 1 atom stereocenters. The van der Waals surface area contributed by atoms with E-state index in [9.17, 15) is 4.79 Å². The smallest absolute Gasteiger partial charge is 0.143 e. The van der Waals surface area contributed by atoms with Crippen molar-refractivity contribution in [3.05, 3.63) is 34.9 Å². The second kappa shape index (κ2) is 4.74. The van der Waals surface area contributed by atoms with Crippen LogP contribution in [0.25, 0.3) is 0 Å². The van der Waals surface area contributed by atoms with Crippen molar-refractivity contribution >= 4 is 21.7 Å². The van der Waals surface area contributed by atoms with Crippen LogP contribution >= 0.6 is 15.9 Å². The summed E-state index contributed by atoms with van der Waals surface area (Å²) >= 11 is 3.39. The maximum absolute atomic E-state index is 11.1. The van der Waals surface area contributed by atoms with Crippen LogP contribution in [0.5, 0.6) is 0 Å². The highest BCUT2D eigenvalue weighted by atomic mass is 79.9. The Labute approximate surface area is 93.7 Å². The second-order valence-corrected chi connectivity index (χ2v) is 4.75. The van der Waals surface area contributed by atoms with Gasteiger partial charge in [0.25, 0.3) is 0 Å². The first-order valence-corrected chi connectivity index (χ1v) is 5.63. The molecule has 1 unspecified atom stereocenters. The molecule has 14 heavy (non-hydrogen) atoms. The molecular formula is C12H15BrO. The van der Waals surface area contributed by atoms with Gasteiger partial charge in [0.2, 0.25) is 0 Å². The predicted molar refractivity (Wildman–Crippen MR) is 63.0 cm³/mol. The number of ketones is 1. The highest BCUT2D eigenvalue weighted by Crippen LogP contribution is 2.17. The third-order valence-electron chi connectivity index (χ3n) is 2.56. The van der Waals surface area contributed by atoms with E-state index in [1.807, 2.05) is 6.07 Å². The van der Waals surface area contributed by atoms with Crippen LogP contribution in [0.2, 0.25) is 0 Å². The molecule has 0 saturated carbocycles. The molecule has 0 bridgehead atoms. The van der Waals surface area contributed by atoms with Crippen molar-refractivity contribution in [3.63, 3.8) is 0 Å². The van der Waals surface area contributed by atoms with E-state index in [4.69, 9.17) is 0 Å². The van der Waals surface area contributed by atoms with Crippen LogP contribution in [-0.2, 0) is 11.2 Å². The lowest BCUT2D eigenvalue weighted by Crippen LogP contribution is -2.13. The molecule has 1 rings (SSSR count). The minimum atomic E-state index is -0.0528. The number of hydrogen-bond acceptors (Lipinski definition) is 1. The van der Waals surface area contributed by atoms with Gasteiger partial charge in [0.05, 0.1) is 4.83 Å². The maximum atomic E-state index is 11.1. The van der Waals surface area contributed by atoms with Gasteiger partial charge in [0, 0.05) is 0 Å². The van der Waals surface area contributed by atoms with Crippen molar-refractivity contribution in [2.45, 2.75) is 32.0 Å². The van der Waals surface area contributed by atoms with Crippen molar-refractivity contribution in [1.29, 1.82) is 0 Å². The molecule has 0 amide bonds. The van der Waals surface area contributed by atoms with Crippen molar-refractivity contribution in [1.82, 2.24) is 0 Å². The van der Waals surface area contributed by atoms with Gasteiger partial charge in [0.1, 0.15) is 5.78 Å². The molecule has 0 heterocycles. The number of aryl methyl sites for hydroxylation is 1. The zero-order valence-electron chi connectivity index (χ0n) is 8.80. The molecule has 0 aliphatic heterocycles. The van der Waals surface area contributed by atoms with E-state index < -0.39 is 0 Å². The molecule has 0 aliphatic carbocycles. The molecule has 2 heteroatoms. The van der Waals surface area contributed by atoms with Gasteiger partial charge in [-0.05, 0) is 43.9 Å². The molecule has 0 fully saturated rings. The maximum Gasteiger partial charge on any atom is 0.143 e. The Morgan fingerprint density at radius 3 is 2.64 bits per heavy atom. The molecule has 0 spiro atoms. The number of benzene rings is 1. The van der Waals surface area contributed by atoms with Crippen LogP contribution in [0, 0.1) is 13.8 Å². The molecule has 0 radical (unpaired) electrons. The Morgan fingerprint density at radius 2 is 2.07 bits per heavy atom.